The minimum Gasteiger partial charge on any atom is -0.491 e. The van der Waals surface area contributed by atoms with Crippen molar-refractivity contribution < 1.29 is 14.6 Å². The zero-order valence-electron chi connectivity index (χ0n) is 18.1. The zero-order chi connectivity index (χ0) is 21.0. The molecule has 1 aliphatic heterocycles. The summed E-state index contributed by atoms with van der Waals surface area (Å²) in [6, 6.07) is 8.24. The number of aliphatic hydroxyl groups excluding tert-OH is 1. The lowest BCUT2D eigenvalue weighted by Gasteiger charge is -2.41. The predicted octanol–water partition coefficient (Wildman–Crippen LogP) is 3.78. The van der Waals surface area contributed by atoms with Gasteiger partial charge in [-0.05, 0) is 31.4 Å². The highest BCUT2D eigenvalue weighted by Crippen LogP contribution is 2.31. The van der Waals surface area contributed by atoms with E-state index in [-0.39, 0.29) is 11.6 Å². The first-order valence-electron chi connectivity index (χ1n) is 10.2. The molecule has 0 spiro atoms. The van der Waals surface area contributed by atoms with Crippen molar-refractivity contribution in [2.45, 2.75) is 47.0 Å². The van der Waals surface area contributed by atoms with Crippen LogP contribution in [0.3, 0.4) is 0 Å². The van der Waals surface area contributed by atoms with Crippen LogP contribution in [-0.4, -0.2) is 60.1 Å². The van der Waals surface area contributed by atoms with Crippen molar-refractivity contribution in [1.82, 2.24) is 9.88 Å². The minimum absolute atomic E-state index is 0.114. The lowest BCUT2D eigenvalue weighted by atomic mass is 9.99. The Morgan fingerprint density at radius 2 is 1.86 bits per heavy atom. The van der Waals surface area contributed by atoms with Gasteiger partial charge < -0.3 is 19.5 Å². The van der Waals surface area contributed by atoms with Crippen LogP contribution >= 0.6 is 11.3 Å². The molecule has 0 radical (unpaired) electrons. The van der Waals surface area contributed by atoms with Gasteiger partial charge in [-0.1, -0.05) is 44.2 Å². The molecule has 0 bridgehead atoms. The molecule has 0 amide bonds. The number of aliphatic hydroxyl groups is 1. The molecule has 1 aromatic carbocycles. The molecule has 0 aliphatic carbocycles. The van der Waals surface area contributed by atoms with Gasteiger partial charge in [0.25, 0.3) is 0 Å². The van der Waals surface area contributed by atoms with Gasteiger partial charge in [-0.2, -0.15) is 0 Å². The van der Waals surface area contributed by atoms with Crippen LogP contribution in [0, 0.1) is 12.3 Å². The van der Waals surface area contributed by atoms with Gasteiger partial charge in [-0.3, -0.25) is 4.90 Å². The minimum atomic E-state index is -0.592. The molecule has 160 valence electrons. The molecule has 1 aromatic heterocycles. The normalized spacial score (nSPS) is 17.8. The fourth-order valence-corrected chi connectivity index (χ4v) is 4.03. The average molecular weight is 420 g/mol. The number of nitrogens with zero attached hydrogens (tertiary/aromatic N) is 3. The summed E-state index contributed by atoms with van der Waals surface area (Å²) in [7, 11) is 0. The molecule has 29 heavy (non-hydrogen) atoms. The lowest BCUT2D eigenvalue weighted by Crippen LogP contribution is -2.55. The van der Waals surface area contributed by atoms with E-state index in [1.54, 1.807) is 12.4 Å². The highest BCUT2D eigenvalue weighted by molar-refractivity contribution is 7.11. The number of para-hydroxylation sites is 2. The maximum absolute atomic E-state index is 10.3. The first-order chi connectivity index (χ1) is 13.7. The molecule has 2 atom stereocenters. The van der Waals surface area contributed by atoms with Crippen LogP contribution in [0.4, 0.5) is 5.69 Å². The molecule has 1 aliphatic rings. The van der Waals surface area contributed by atoms with Crippen LogP contribution in [0.1, 0.15) is 33.4 Å². The molecule has 0 saturated carbocycles. The Kier molecular flexibility index (Phi) is 7.03. The molecule has 1 saturated heterocycles. The number of hydrogen-bond donors (Lipinski definition) is 1. The van der Waals surface area contributed by atoms with Crippen LogP contribution in [-0.2, 0) is 0 Å². The largest absolute Gasteiger partial charge is 0.491 e. The van der Waals surface area contributed by atoms with Crippen molar-refractivity contribution in [3.63, 3.8) is 0 Å². The fourth-order valence-electron chi connectivity index (χ4n) is 3.34. The Morgan fingerprint density at radius 1 is 1.17 bits per heavy atom. The van der Waals surface area contributed by atoms with Crippen molar-refractivity contribution in [2.24, 2.45) is 5.41 Å². The second-order valence-electron chi connectivity index (χ2n) is 8.81. The predicted molar refractivity (Wildman–Crippen MR) is 118 cm³/mol. The summed E-state index contributed by atoms with van der Waals surface area (Å²) in [4.78, 5) is 8.80. The average Bonchev–Trinajstić information content (AvgIpc) is 3.09. The van der Waals surface area contributed by atoms with Gasteiger partial charge >= 0.3 is 0 Å². The van der Waals surface area contributed by atoms with E-state index >= 15 is 0 Å². The second kappa shape index (κ2) is 9.32. The third-order valence-electron chi connectivity index (χ3n) is 4.88. The van der Waals surface area contributed by atoms with E-state index in [1.165, 1.54) is 11.3 Å². The quantitative estimate of drug-likeness (QED) is 0.737. The molecule has 1 N–H and O–H groups in total. The van der Waals surface area contributed by atoms with E-state index in [0.717, 1.165) is 48.4 Å². The number of piperazine rings is 1. The molecular weight excluding hydrogens is 386 g/mol. The van der Waals surface area contributed by atoms with Gasteiger partial charge in [0, 0.05) is 26.2 Å². The van der Waals surface area contributed by atoms with Gasteiger partial charge in [-0.25, -0.2) is 4.98 Å². The van der Waals surface area contributed by atoms with Crippen LogP contribution in [0.15, 0.2) is 29.8 Å². The van der Waals surface area contributed by atoms with Gasteiger partial charge in [0.15, 0.2) is 11.3 Å². The molecule has 6 nitrogen and oxygen atoms in total. The maximum atomic E-state index is 10.3. The van der Waals surface area contributed by atoms with Gasteiger partial charge in [0.05, 0.1) is 23.5 Å². The molecule has 7 heteroatoms. The van der Waals surface area contributed by atoms with Gasteiger partial charge in [0.1, 0.15) is 11.9 Å². The number of aromatic nitrogens is 1. The number of hydrogen-bond acceptors (Lipinski definition) is 7. The number of anilines is 1. The van der Waals surface area contributed by atoms with Crippen molar-refractivity contribution in [3.05, 3.63) is 35.5 Å². The fraction of sp³-hybridized carbons (Fsp3) is 0.591. The Hall–Kier alpha value is -1.83. The van der Waals surface area contributed by atoms with E-state index in [1.807, 2.05) is 19.1 Å². The monoisotopic (exact) mass is 419 g/mol. The molecule has 3 rings (SSSR count). The van der Waals surface area contributed by atoms with Crippen LogP contribution < -0.4 is 14.4 Å². The first-order valence-corrected chi connectivity index (χ1v) is 11.1. The van der Waals surface area contributed by atoms with E-state index < -0.39 is 6.10 Å². The van der Waals surface area contributed by atoms with Gasteiger partial charge in [-0.15, -0.1) is 0 Å². The van der Waals surface area contributed by atoms with Gasteiger partial charge in [0.2, 0.25) is 0 Å². The van der Waals surface area contributed by atoms with E-state index in [0.29, 0.717) is 6.61 Å². The highest BCUT2D eigenvalue weighted by Gasteiger charge is 2.30. The summed E-state index contributed by atoms with van der Waals surface area (Å²) in [6.45, 7) is 14.2. The summed E-state index contributed by atoms with van der Waals surface area (Å²) in [6.07, 6.45) is -0.964. The summed E-state index contributed by atoms with van der Waals surface area (Å²) in [5, 5.41) is 11.1. The Labute approximate surface area is 178 Å². The molecular formula is C22H33N3O3S. The first kappa shape index (κ1) is 21.9. The topological polar surface area (TPSA) is 58.1 Å². The SMILES string of the molecule is Cc1ncsc1OC(C(C)O)N1CCN(c2ccccc2OCC(C)(C)C)CC1. The van der Waals surface area contributed by atoms with Crippen molar-refractivity contribution >= 4 is 17.0 Å². The van der Waals surface area contributed by atoms with Crippen molar-refractivity contribution in [1.29, 1.82) is 0 Å². The summed E-state index contributed by atoms with van der Waals surface area (Å²) in [5.41, 5.74) is 3.88. The Morgan fingerprint density at radius 3 is 2.45 bits per heavy atom. The van der Waals surface area contributed by atoms with E-state index in [2.05, 4.69) is 47.7 Å². The number of thiazole rings is 1. The summed E-state index contributed by atoms with van der Waals surface area (Å²) in [5.74, 6) is 0.930. The molecule has 2 aromatic rings. The number of aryl methyl sites for hydroxylation is 1. The Bertz CT molecular complexity index is 780. The number of rotatable bonds is 7. The zero-order valence-corrected chi connectivity index (χ0v) is 18.9. The van der Waals surface area contributed by atoms with Crippen molar-refractivity contribution in [3.8, 4) is 10.8 Å². The molecule has 1 fully saturated rings. The smallest absolute Gasteiger partial charge is 0.199 e. The summed E-state index contributed by atoms with van der Waals surface area (Å²) < 4.78 is 12.2. The lowest BCUT2D eigenvalue weighted by molar-refractivity contribution is -0.0587. The molecule has 2 heterocycles. The molecule has 2 unspecified atom stereocenters. The number of ether oxygens (including phenoxy) is 2. The summed E-state index contributed by atoms with van der Waals surface area (Å²) >= 11 is 1.47. The standard InChI is InChI=1S/C22H33N3O3S/c1-16-21(29-15-23-16)28-20(17(2)26)25-12-10-24(11-13-25)18-8-6-7-9-19(18)27-14-22(3,4)5/h6-9,15,17,20,26H,10-14H2,1-5H3. The van der Waals surface area contributed by atoms with Crippen LogP contribution in [0.5, 0.6) is 10.8 Å². The highest BCUT2D eigenvalue weighted by atomic mass is 32.1. The number of benzene rings is 1. The third kappa shape index (κ3) is 5.84. The van der Waals surface area contributed by atoms with Crippen molar-refractivity contribution in [2.75, 3.05) is 37.7 Å². The maximum Gasteiger partial charge on any atom is 0.199 e. The van der Waals surface area contributed by atoms with Crippen LogP contribution in [0.25, 0.3) is 0 Å². The Balaban J connectivity index is 1.64. The third-order valence-corrected chi connectivity index (χ3v) is 5.70. The van der Waals surface area contributed by atoms with Crippen LogP contribution in [0.2, 0.25) is 0 Å². The van der Waals surface area contributed by atoms with E-state index in [9.17, 15) is 5.11 Å². The second-order valence-corrected chi connectivity index (χ2v) is 9.63. The van der Waals surface area contributed by atoms with E-state index in [4.69, 9.17) is 9.47 Å².